The smallest absolute Gasteiger partial charge is 0.180 e. The van der Waals surface area contributed by atoms with Crippen LogP contribution in [0.3, 0.4) is 0 Å². The number of rotatable bonds is 3. The van der Waals surface area contributed by atoms with E-state index in [1.807, 2.05) is 60.7 Å². The molecule has 0 unspecified atom stereocenters. The zero-order valence-corrected chi connectivity index (χ0v) is 8.80. The van der Waals surface area contributed by atoms with E-state index in [0.29, 0.717) is 11.1 Å². The lowest BCUT2D eigenvalue weighted by Gasteiger charge is -2.28. The standard InChI is InChI=1S/C13H14N2O/c14-15-13(16,11-7-3-1-4-8-11)12-9-5-2-6-10-12/h1-10,15-16H,14H2. The van der Waals surface area contributed by atoms with Crippen molar-refractivity contribution in [1.29, 1.82) is 0 Å². The minimum Gasteiger partial charge on any atom is -0.367 e. The fourth-order valence-corrected chi connectivity index (χ4v) is 1.69. The van der Waals surface area contributed by atoms with Crippen LogP contribution in [0.25, 0.3) is 0 Å². The first kappa shape index (κ1) is 10.8. The predicted molar refractivity (Wildman–Crippen MR) is 63.2 cm³/mol. The van der Waals surface area contributed by atoms with Gasteiger partial charge in [0.05, 0.1) is 0 Å². The van der Waals surface area contributed by atoms with Crippen molar-refractivity contribution >= 4 is 0 Å². The third kappa shape index (κ3) is 1.84. The van der Waals surface area contributed by atoms with Crippen LogP contribution in [-0.2, 0) is 5.72 Å². The predicted octanol–water partition coefficient (Wildman–Crippen LogP) is 1.34. The van der Waals surface area contributed by atoms with Crippen LogP contribution in [0.1, 0.15) is 11.1 Å². The zero-order chi connectivity index (χ0) is 11.4. The Labute approximate surface area is 94.5 Å². The van der Waals surface area contributed by atoms with Crippen LogP contribution >= 0.6 is 0 Å². The Morgan fingerprint density at radius 1 is 0.812 bits per heavy atom. The third-order valence-corrected chi connectivity index (χ3v) is 2.59. The zero-order valence-electron chi connectivity index (χ0n) is 8.80. The summed E-state index contributed by atoms with van der Waals surface area (Å²) in [6.07, 6.45) is 0. The van der Waals surface area contributed by atoms with E-state index in [9.17, 15) is 5.11 Å². The first-order valence-electron chi connectivity index (χ1n) is 5.08. The molecule has 3 nitrogen and oxygen atoms in total. The number of hydrazine groups is 1. The summed E-state index contributed by atoms with van der Waals surface area (Å²) in [5.74, 6) is 5.47. The van der Waals surface area contributed by atoms with Crippen LogP contribution in [0.5, 0.6) is 0 Å². The van der Waals surface area contributed by atoms with Gasteiger partial charge in [0.2, 0.25) is 0 Å². The summed E-state index contributed by atoms with van der Waals surface area (Å²) in [5, 5.41) is 10.5. The maximum absolute atomic E-state index is 10.5. The molecular weight excluding hydrogens is 200 g/mol. The Balaban J connectivity index is 2.49. The summed E-state index contributed by atoms with van der Waals surface area (Å²) in [6, 6.07) is 18.5. The molecule has 2 aromatic rings. The van der Waals surface area contributed by atoms with Crippen molar-refractivity contribution < 1.29 is 5.11 Å². The Kier molecular flexibility index (Phi) is 3.01. The SMILES string of the molecule is NNC(O)(c1ccccc1)c1ccccc1. The van der Waals surface area contributed by atoms with E-state index in [4.69, 9.17) is 5.84 Å². The summed E-state index contributed by atoms with van der Waals surface area (Å²) < 4.78 is 0. The lowest BCUT2D eigenvalue weighted by Crippen LogP contribution is -2.47. The third-order valence-electron chi connectivity index (χ3n) is 2.59. The molecule has 82 valence electrons. The van der Waals surface area contributed by atoms with Crippen molar-refractivity contribution in [2.45, 2.75) is 5.72 Å². The number of hydrogen-bond acceptors (Lipinski definition) is 3. The number of benzene rings is 2. The van der Waals surface area contributed by atoms with E-state index in [1.54, 1.807) is 0 Å². The van der Waals surface area contributed by atoms with Gasteiger partial charge in [-0.3, -0.25) is 5.84 Å². The van der Waals surface area contributed by atoms with Gasteiger partial charge < -0.3 is 5.11 Å². The highest BCUT2D eigenvalue weighted by Gasteiger charge is 2.29. The van der Waals surface area contributed by atoms with E-state index < -0.39 is 5.72 Å². The van der Waals surface area contributed by atoms with Crippen molar-refractivity contribution in [1.82, 2.24) is 5.43 Å². The Morgan fingerprint density at radius 3 is 1.50 bits per heavy atom. The van der Waals surface area contributed by atoms with Crippen LogP contribution < -0.4 is 11.3 Å². The topological polar surface area (TPSA) is 58.3 Å². The van der Waals surface area contributed by atoms with Gasteiger partial charge in [-0.05, 0) is 0 Å². The molecule has 0 saturated heterocycles. The van der Waals surface area contributed by atoms with Gasteiger partial charge in [-0.15, -0.1) is 0 Å². The van der Waals surface area contributed by atoms with Gasteiger partial charge in [0, 0.05) is 11.1 Å². The van der Waals surface area contributed by atoms with Crippen LogP contribution in [0.15, 0.2) is 60.7 Å². The fraction of sp³-hybridized carbons (Fsp3) is 0.0769. The van der Waals surface area contributed by atoms with Crippen LogP contribution in [-0.4, -0.2) is 5.11 Å². The Morgan fingerprint density at radius 2 is 1.19 bits per heavy atom. The van der Waals surface area contributed by atoms with Crippen molar-refractivity contribution in [3.8, 4) is 0 Å². The highest BCUT2D eigenvalue weighted by Crippen LogP contribution is 2.25. The molecular formula is C13H14N2O. The molecule has 0 aliphatic carbocycles. The quantitative estimate of drug-likeness (QED) is 0.410. The molecule has 3 heteroatoms. The minimum absolute atomic E-state index is 0.712. The average Bonchev–Trinajstić information content (AvgIpc) is 2.40. The summed E-state index contributed by atoms with van der Waals surface area (Å²) in [7, 11) is 0. The fourth-order valence-electron chi connectivity index (χ4n) is 1.69. The highest BCUT2D eigenvalue weighted by molar-refractivity contribution is 5.34. The van der Waals surface area contributed by atoms with Gasteiger partial charge in [0.15, 0.2) is 5.72 Å². The van der Waals surface area contributed by atoms with Gasteiger partial charge >= 0.3 is 0 Å². The summed E-state index contributed by atoms with van der Waals surface area (Å²) >= 11 is 0. The molecule has 0 aliphatic heterocycles. The van der Waals surface area contributed by atoms with E-state index in [1.165, 1.54) is 0 Å². The monoisotopic (exact) mass is 214 g/mol. The first-order chi connectivity index (χ1) is 7.77. The lowest BCUT2D eigenvalue weighted by molar-refractivity contribution is 0.0432. The van der Waals surface area contributed by atoms with E-state index >= 15 is 0 Å². The highest BCUT2D eigenvalue weighted by atomic mass is 16.3. The van der Waals surface area contributed by atoms with Gasteiger partial charge in [0.25, 0.3) is 0 Å². The summed E-state index contributed by atoms with van der Waals surface area (Å²) in [5.41, 5.74) is 2.55. The number of nitrogens with one attached hydrogen (secondary N) is 1. The number of aliphatic hydroxyl groups is 1. The normalized spacial score (nSPS) is 11.4. The second kappa shape index (κ2) is 4.45. The molecule has 0 aliphatic rings. The largest absolute Gasteiger partial charge is 0.367 e. The van der Waals surface area contributed by atoms with Gasteiger partial charge in [-0.25, -0.2) is 5.43 Å². The van der Waals surface area contributed by atoms with E-state index in [2.05, 4.69) is 5.43 Å². The maximum atomic E-state index is 10.5. The first-order valence-corrected chi connectivity index (χ1v) is 5.08. The molecule has 0 radical (unpaired) electrons. The van der Waals surface area contributed by atoms with Crippen molar-refractivity contribution in [2.24, 2.45) is 5.84 Å². The molecule has 0 saturated carbocycles. The molecule has 0 aromatic heterocycles. The molecule has 16 heavy (non-hydrogen) atoms. The second-order valence-corrected chi connectivity index (χ2v) is 3.59. The number of hydrogen-bond donors (Lipinski definition) is 3. The molecule has 0 amide bonds. The van der Waals surface area contributed by atoms with E-state index in [-0.39, 0.29) is 0 Å². The molecule has 2 rings (SSSR count). The minimum atomic E-state index is -1.34. The molecule has 0 atom stereocenters. The van der Waals surface area contributed by atoms with Gasteiger partial charge in [0.1, 0.15) is 0 Å². The van der Waals surface area contributed by atoms with Crippen molar-refractivity contribution in [3.63, 3.8) is 0 Å². The molecule has 2 aromatic carbocycles. The Hall–Kier alpha value is -1.68. The average molecular weight is 214 g/mol. The molecule has 0 bridgehead atoms. The second-order valence-electron chi connectivity index (χ2n) is 3.59. The lowest BCUT2D eigenvalue weighted by atomic mass is 9.95. The van der Waals surface area contributed by atoms with E-state index in [0.717, 1.165) is 0 Å². The summed E-state index contributed by atoms with van der Waals surface area (Å²) in [6.45, 7) is 0. The van der Waals surface area contributed by atoms with Crippen LogP contribution in [0, 0.1) is 0 Å². The molecule has 4 N–H and O–H groups in total. The van der Waals surface area contributed by atoms with Gasteiger partial charge in [-0.2, -0.15) is 0 Å². The molecule has 0 fully saturated rings. The molecule has 0 spiro atoms. The van der Waals surface area contributed by atoms with Crippen molar-refractivity contribution in [2.75, 3.05) is 0 Å². The number of nitrogens with two attached hydrogens (primary N) is 1. The Bertz CT molecular complexity index is 403. The maximum Gasteiger partial charge on any atom is 0.180 e. The van der Waals surface area contributed by atoms with Crippen molar-refractivity contribution in [3.05, 3.63) is 71.8 Å². The summed E-state index contributed by atoms with van der Waals surface area (Å²) in [4.78, 5) is 0. The molecule has 0 heterocycles. The van der Waals surface area contributed by atoms with Gasteiger partial charge in [-0.1, -0.05) is 60.7 Å². The van der Waals surface area contributed by atoms with Crippen LogP contribution in [0.2, 0.25) is 0 Å². The van der Waals surface area contributed by atoms with Crippen LogP contribution in [0.4, 0.5) is 0 Å².